The van der Waals surface area contributed by atoms with Gasteiger partial charge in [-0.05, 0) is 24.6 Å². The minimum absolute atomic E-state index is 0.432. The van der Waals surface area contributed by atoms with Crippen LogP contribution in [-0.4, -0.2) is 9.97 Å². The van der Waals surface area contributed by atoms with E-state index in [9.17, 15) is 8.78 Å². The average Bonchev–Trinajstić information content (AvgIpc) is 2.53. The average molecular weight is 299 g/mol. The van der Waals surface area contributed by atoms with Crippen LogP contribution in [0.5, 0.6) is 0 Å². The molecule has 0 spiro atoms. The van der Waals surface area contributed by atoms with Gasteiger partial charge >= 0.3 is 0 Å². The van der Waals surface area contributed by atoms with Crippen LogP contribution in [0.1, 0.15) is 23.4 Å². The normalized spacial score (nSPS) is 11.1. The van der Waals surface area contributed by atoms with E-state index in [-0.39, 0.29) is 0 Å². The number of nitrogens with one attached hydrogen (secondary N) is 1. The third-order valence-electron chi connectivity index (χ3n) is 3.40. The highest BCUT2D eigenvalue weighted by Gasteiger charge is 2.14. The van der Waals surface area contributed by atoms with Crippen LogP contribution in [-0.2, 0) is 6.54 Å². The number of aryl methyl sites for hydroxylation is 1. The van der Waals surface area contributed by atoms with E-state index in [1.54, 1.807) is 12.1 Å². The highest BCUT2D eigenvalue weighted by Crippen LogP contribution is 2.24. The topological polar surface area (TPSA) is 37.8 Å². The maximum Gasteiger partial charge on any atom is 0.297 e. The Labute approximate surface area is 127 Å². The summed E-state index contributed by atoms with van der Waals surface area (Å²) in [5, 5.41) is 3.87. The highest BCUT2D eigenvalue weighted by molar-refractivity contribution is 5.88. The van der Waals surface area contributed by atoms with Crippen LogP contribution in [0.3, 0.4) is 0 Å². The van der Waals surface area contributed by atoms with Gasteiger partial charge in [-0.2, -0.15) is 0 Å². The molecule has 3 aromatic rings. The maximum atomic E-state index is 12.9. The van der Waals surface area contributed by atoms with Crippen LogP contribution in [0.15, 0.2) is 48.5 Å². The largest absolute Gasteiger partial charge is 0.365 e. The molecule has 0 amide bonds. The molecule has 3 nitrogen and oxygen atoms in total. The smallest absolute Gasteiger partial charge is 0.297 e. The van der Waals surface area contributed by atoms with Crippen molar-refractivity contribution < 1.29 is 8.78 Å². The number of anilines is 1. The van der Waals surface area contributed by atoms with E-state index in [2.05, 4.69) is 15.3 Å². The Balaban J connectivity index is 1.93. The third-order valence-corrected chi connectivity index (χ3v) is 3.40. The number of hydrogen-bond acceptors (Lipinski definition) is 3. The highest BCUT2D eigenvalue weighted by atomic mass is 19.3. The number of hydrogen-bond donors (Lipinski definition) is 1. The first-order valence-corrected chi connectivity index (χ1v) is 6.98. The number of nitrogens with zero attached hydrogens (tertiary/aromatic N) is 2. The molecule has 0 bridgehead atoms. The monoisotopic (exact) mass is 299 g/mol. The number of halogens is 2. The number of benzene rings is 2. The van der Waals surface area contributed by atoms with Crippen LogP contribution in [0.25, 0.3) is 10.9 Å². The Morgan fingerprint density at radius 2 is 1.73 bits per heavy atom. The first-order chi connectivity index (χ1) is 10.6. The van der Waals surface area contributed by atoms with Gasteiger partial charge in [0.2, 0.25) is 0 Å². The Kier molecular flexibility index (Phi) is 3.96. The summed E-state index contributed by atoms with van der Waals surface area (Å²) in [6.45, 7) is 2.54. The van der Waals surface area contributed by atoms with Crippen LogP contribution in [0, 0.1) is 6.92 Å². The summed E-state index contributed by atoms with van der Waals surface area (Å²) in [6, 6.07) is 15.2. The lowest BCUT2D eigenvalue weighted by Crippen LogP contribution is -2.06. The molecule has 0 saturated heterocycles. The summed E-state index contributed by atoms with van der Waals surface area (Å²) in [4.78, 5) is 7.86. The van der Waals surface area contributed by atoms with Gasteiger partial charge in [-0.3, -0.25) is 0 Å². The molecule has 0 aliphatic rings. The van der Waals surface area contributed by atoms with Crippen molar-refractivity contribution in [3.63, 3.8) is 0 Å². The van der Waals surface area contributed by atoms with Crippen molar-refractivity contribution in [1.29, 1.82) is 0 Å². The summed E-state index contributed by atoms with van der Waals surface area (Å²) in [7, 11) is 0. The minimum atomic E-state index is -2.69. The van der Waals surface area contributed by atoms with E-state index in [1.165, 1.54) is 5.56 Å². The van der Waals surface area contributed by atoms with E-state index in [1.807, 2.05) is 43.3 Å². The molecule has 0 atom stereocenters. The first-order valence-electron chi connectivity index (χ1n) is 6.98. The van der Waals surface area contributed by atoms with Gasteiger partial charge in [-0.15, -0.1) is 0 Å². The summed E-state index contributed by atoms with van der Waals surface area (Å²) in [5.74, 6) is -0.0217. The van der Waals surface area contributed by atoms with Crippen molar-refractivity contribution in [2.45, 2.75) is 19.9 Å². The van der Waals surface area contributed by atoms with Crippen LogP contribution >= 0.6 is 0 Å². The molecule has 0 fully saturated rings. The number of aromatic nitrogens is 2. The lowest BCUT2D eigenvalue weighted by Gasteiger charge is -2.11. The van der Waals surface area contributed by atoms with E-state index < -0.39 is 12.2 Å². The zero-order valence-corrected chi connectivity index (χ0v) is 12.1. The Morgan fingerprint density at radius 1 is 1.00 bits per heavy atom. The van der Waals surface area contributed by atoms with Crippen molar-refractivity contribution in [3.8, 4) is 0 Å². The lowest BCUT2D eigenvalue weighted by atomic mass is 10.1. The van der Waals surface area contributed by atoms with Gasteiger partial charge in [0.25, 0.3) is 6.43 Å². The summed E-state index contributed by atoms with van der Waals surface area (Å²) in [5.41, 5.74) is 2.75. The standard InChI is InChI=1S/C17H15F2N3/c1-11-6-8-12(9-7-11)10-20-16-13-4-2-3-5-14(13)21-17(22-16)15(18)19/h2-9,15H,10H2,1H3,(H,20,21,22). The molecular formula is C17H15F2N3. The molecule has 0 unspecified atom stereocenters. The molecule has 1 heterocycles. The van der Waals surface area contributed by atoms with E-state index in [4.69, 9.17) is 0 Å². The molecule has 0 saturated carbocycles. The van der Waals surface area contributed by atoms with Gasteiger partial charge in [-0.1, -0.05) is 42.0 Å². The second kappa shape index (κ2) is 6.05. The molecule has 112 valence electrons. The fraction of sp³-hybridized carbons (Fsp3) is 0.176. The molecule has 22 heavy (non-hydrogen) atoms. The molecule has 0 aliphatic carbocycles. The molecule has 3 rings (SSSR count). The van der Waals surface area contributed by atoms with Crippen molar-refractivity contribution in [3.05, 3.63) is 65.5 Å². The second-order valence-electron chi connectivity index (χ2n) is 5.09. The number of para-hydroxylation sites is 1. The zero-order chi connectivity index (χ0) is 15.5. The van der Waals surface area contributed by atoms with Gasteiger partial charge in [0.15, 0.2) is 5.82 Å². The molecule has 1 aromatic heterocycles. The minimum Gasteiger partial charge on any atom is -0.365 e. The molecule has 0 radical (unpaired) electrons. The predicted molar refractivity (Wildman–Crippen MR) is 83.0 cm³/mol. The summed E-state index contributed by atoms with van der Waals surface area (Å²) < 4.78 is 25.9. The van der Waals surface area contributed by atoms with Crippen LogP contribution in [0.4, 0.5) is 14.6 Å². The fourth-order valence-electron chi connectivity index (χ4n) is 2.22. The molecule has 5 heteroatoms. The fourth-order valence-corrected chi connectivity index (χ4v) is 2.22. The third kappa shape index (κ3) is 3.03. The van der Waals surface area contributed by atoms with Crippen LogP contribution in [0.2, 0.25) is 0 Å². The first kappa shape index (κ1) is 14.4. The van der Waals surface area contributed by atoms with Gasteiger partial charge < -0.3 is 5.32 Å². The van der Waals surface area contributed by atoms with Crippen molar-refractivity contribution in [2.75, 3.05) is 5.32 Å². The summed E-state index contributed by atoms with van der Waals surface area (Å²) >= 11 is 0. The number of alkyl halides is 2. The van der Waals surface area contributed by atoms with Crippen molar-refractivity contribution >= 4 is 16.7 Å². The molecule has 2 aromatic carbocycles. The molecular weight excluding hydrogens is 284 g/mol. The lowest BCUT2D eigenvalue weighted by molar-refractivity contribution is 0.141. The van der Waals surface area contributed by atoms with E-state index in [0.29, 0.717) is 17.9 Å². The molecule has 1 N–H and O–H groups in total. The van der Waals surface area contributed by atoms with Gasteiger partial charge in [0, 0.05) is 11.9 Å². The summed E-state index contributed by atoms with van der Waals surface area (Å²) in [6.07, 6.45) is -2.69. The predicted octanol–water partition coefficient (Wildman–Crippen LogP) is 4.49. The SMILES string of the molecule is Cc1ccc(CNc2nc(C(F)F)nc3ccccc23)cc1. The van der Waals surface area contributed by atoms with Gasteiger partial charge in [0.05, 0.1) is 5.52 Å². The van der Waals surface area contributed by atoms with Gasteiger partial charge in [0.1, 0.15) is 5.82 Å². The number of rotatable bonds is 4. The van der Waals surface area contributed by atoms with Crippen LogP contribution < -0.4 is 5.32 Å². The quantitative estimate of drug-likeness (QED) is 0.771. The van der Waals surface area contributed by atoms with Crippen molar-refractivity contribution in [2.24, 2.45) is 0 Å². The Bertz CT molecular complexity index is 786. The van der Waals surface area contributed by atoms with E-state index >= 15 is 0 Å². The zero-order valence-electron chi connectivity index (χ0n) is 12.1. The van der Waals surface area contributed by atoms with E-state index in [0.717, 1.165) is 10.9 Å². The number of fused-ring (bicyclic) bond motifs is 1. The maximum absolute atomic E-state index is 12.9. The van der Waals surface area contributed by atoms with Gasteiger partial charge in [-0.25, -0.2) is 18.7 Å². The Morgan fingerprint density at radius 3 is 2.45 bits per heavy atom. The van der Waals surface area contributed by atoms with Crippen molar-refractivity contribution in [1.82, 2.24) is 9.97 Å². The Hall–Kier alpha value is -2.56. The molecule has 0 aliphatic heterocycles. The second-order valence-corrected chi connectivity index (χ2v) is 5.09.